The second-order valence-corrected chi connectivity index (χ2v) is 22.7. The number of unbranched alkanes of at least 4 members (excludes halogenated alkanes) is 11. The number of non-ortho nitro benzene ring substituents is 1. The number of rotatable bonds is 34. The minimum Gasteiger partial charge on any atom is -0.493 e. The smallest absolute Gasteiger partial charge is 0.410 e. The van der Waals surface area contributed by atoms with E-state index in [4.69, 9.17) is 28.9 Å². The molecule has 80 heavy (non-hydrogen) atoms. The van der Waals surface area contributed by atoms with E-state index in [0.29, 0.717) is 42.2 Å². The van der Waals surface area contributed by atoms with Crippen LogP contribution in [0.25, 0.3) is 10.8 Å². The second kappa shape index (κ2) is 31.1. The third-order valence-corrected chi connectivity index (χ3v) is 17.1. The lowest BCUT2D eigenvalue weighted by molar-refractivity contribution is -0.384. The van der Waals surface area contributed by atoms with E-state index in [2.05, 4.69) is 62.0 Å². The van der Waals surface area contributed by atoms with Crippen LogP contribution in [-0.2, 0) is 27.5 Å². The van der Waals surface area contributed by atoms with E-state index in [9.17, 15) is 20.3 Å². The third-order valence-electron chi connectivity index (χ3n) is 16.1. The Morgan fingerprint density at radius 1 is 0.838 bits per heavy atom. The van der Waals surface area contributed by atoms with Crippen LogP contribution in [0.4, 0.5) is 10.5 Å². The predicted octanol–water partition coefficient (Wildman–Crippen LogP) is 15.3. The summed E-state index contributed by atoms with van der Waals surface area (Å²) >= 11 is 1.74. The van der Waals surface area contributed by atoms with Crippen molar-refractivity contribution in [1.29, 1.82) is 0 Å². The molecule has 13 nitrogen and oxygen atoms in total. The Morgan fingerprint density at radius 3 is 2.29 bits per heavy atom. The van der Waals surface area contributed by atoms with E-state index in [1.807, 2.05) is 53.4 Å². The number of thioether (sulfide) groups is 1. The Labute approximate surface area is 477 Å². The molecule has 2 aliphatic carbocycles. The maximum Gasteiger partial charge on any atom is 0.410 e. The van der Waals surface area contributed by atoms with Gasteiger partial charge in [-0.15, -0.1) is 18.3 Å². The molecular weight excluding hydrogens is 1030 g/mol. The highest BCUT2D eigenvalue weighted by molar-refractivity contribution is 7.99. The van der Waals surface area contributed by atoms with Gasteiger partial charge in [0, 0.05) is 53.9 Å². The maximum absolute atomic E-state index is 15.5. The fraction of sp³-hybridized carbons (Fsp3) is 0.485. The molecule has 1 heterocycles. The average Bonchev–Trinajstić information content (AvgIpc) is 3.67. The van der Waals surface area contributed by atoms with Gasteiger partial charge in [0.05, 0.1) is 42.9 Å². The van der Waals surface area contributed by atoms with E-state index in [0.717, 1.165) is 84.6 Å². The zero-order valence-electron chi connectivity index (χ0n) is 46.8. The van der Waals surface area contributed by atoms with Crippen LogP contribution in [-0.4, -0.2) is 82.5 Å². The number of carbonyl (C=O) groups is 1. The largest absolute Gasteiger partial charge is 0.493 e. The number of aliphatic hydroxyl groups is 2. The standard InChI is InChI=1S/C66H83N3O10S/c1-3-5-6-7-8-9-10-11-12-22-41-76-65(72)68(47-52-27-23-26-50-24-16-17-30-56(50)52)62-46-60(67-78-48-49-32-34-53(35-33-49)69(73)74)58-44-51(25-18-20-38-70)57(31-19-21-39-71)63-59-45-54(75-42-43-80-55-28-14-13-15-29-55)36-37-61(59)79-66(62,64(58)63)77-40-4-2/h4,13-17,23-24,26-30,32-37,44-45,51,57,62-64,70-71H,2-3,5-12,18-22,25,31,38-43,46-48H2,1H3/t51-,57+,62-,63+,64+,66+/m0/s1. The van der Waals surface area contributed by atoms with Crippen molar-refractivity contribution in [3.8, 4) is 11.5 Å². The van der Waals surface area contributed by atoms with E-state index >= 15 is 4.79 Å². The molecule has 5 aromatic carbocycles. The molecule has 1 saturated carbocycles. The summed E-state index contributed by atoms with van der Waals surface area (Å²) in [5.74, 6) is -0.240. The first-order chi connectivity index (χ1) is 39.3. The van der Waals surface area contributed by atoms with Crippen molar-refractivity contribution in [1.82, 2.24) is 4.90 Å². The van der Waals surface area contributed by atoms with Crippen molar-refractivity contribution in [2.75, 3.05) is 38.8 Å². The number of allylic oxidation sites excluding steroid dienone is 1. The number of carbonyl (C=O) groups excluding carboxylic acids is 1. The Balaban J connectivity index is 1.23. The van der Waals surface area contributed by atoms with Gasteiger partial charge < -0.3 is 34.0 Å². The molecule has 14 heteroatoms. The van der Waals surface area contributed by atoms with Crippen LogP contribution in [0, 0.1) is 27.9 Å². The molecule has 1 amide bonds. The molecular formula is C66H83N3O10S. The Kier molecular flexibility index (Phi) is 23.3. The van der Waals surface area contributed by atoms with Crippen LogP contribution >= 0.6 is 11.8 Å². The lowest BCUT2D eigenvalue weighted by Gasteiger charge is -2.60. The molecule has 0 unspecified atom stereocenters. The molecule has 1 fully saturated rings. The zero-order valence-corrected chi connectivity index (χ0v) is 47.6. The fourth-order valence-electron chi connectivity index (χ4n) is 12.2. The number of amides is 1. The van der Waals surface area contributed by atoms with Crippen LogP contribution in [0.1, 0.15) is 139 Å². The summed E-state index contributed by atoms with van der Waals surface area (Å²) < 4.78 is 27.9. The van der Waals surface area contributed by atoms with Gasteiger partial charge in [-0.2, -0.15) is 0 Å². The van der Waals surface area contributed by atoms with Crippen molar-refractivity contribution in [3.63, 3.8) is 0 Å². The molecule has 0 bridgehead atoms. The van der Waals surface area contributed by atoms with Gasteiger partial charge in [0.1, 0.15) is 24.1 Å². The fourth-order valence-corrected chi connectivity index (χ4v) is 13.0. The first-order valence-electron chi connectivity index (χ1n) is 29.4. The summed E-state index contributed by atoms with van der Waals surface area (Å²) in [4.78, 5) is 35.9. The predicted molar refractivity (Wildman–Crippen MR) is 318 cm³/mol. The maximum atomic E-state index is 15.5. The number of benzene rings is 5. The van der Waals surface area contributed by atoms with Crippen LogP contribution in [0.15, 0.2) is 150 Å². The number of hydrogen-bond acceptors (Lipinski definition) is 12. The first-order valence-corrected chi connectivity index (χ1v) is 30.4. The van der Waals surface area contributed by atoms with Gasteiger partial charge in [-0.1, -0.05) is 156 Å². The van der Waals surface area contributed by atoms with Crippen molar-refractivity contribution < 1.29 is 43.7 Å². The molecule has 8 rings (SSSR count). The summed E-state index contributed by atoms with van der Waals surface area (Å²) in [5, 5.41) is 39.0. The van der Waals surface area contributed by atoms with Crippen molar-refractivity contribution >= 4 is 40.0 Å². The highest BCUT2D eigenvalue weighted by atomic mass is 32.2. The topological polar surface area (TPSA) is 162 Å². The number of aliphatic hydroxyl groups excluding tert-OH is 2. The Morgan fingerprint density at radius 2 is 1.55 bits per heavy atom. The van der Waals surface area contributed by atoms with Crippen molar-refractivity contribution in [2.45, 2.75) is 152 Å². The lowest BCUT2D eigenvalue weighted by Crippen LogP contribution is -2.70. The molecule has 0 saturated heterocycles. The number of nitro groups is 1. The lowest BCUT2D eigenvalue weighted by atomic mass is 9.55. The molecule has 1 aliphatic heterocycles. The van der Waals surface area contributed by atoms with E-state index in [1.54, 1.807) is 30.0 Å². The Hall–Kier alpha value is -6.19. The number of nitro benzene ring substituents is 1. The monoisotopic (exact) mass is 1110 g/mol. The number of oxime groups is 1. The highest BCUT2D eigenvalue weighted by Crippen LogP contribution is 2.62. The molecule has 6 atom stereocenters. The molecule has 0 aromatic heterocycles. The molecule has 5 aromatic rings. The van der Waals surface area contributed by atoms with Crippen molar-refractivity contribution in [3.05, 3.63) is 166 Å². The number of hydrogen-bond donors (Lipinski definition) is 2. The SMILES string of the molecule is C=CCO[C@@]12Oc3ccc(OCCSc4ccccc4)cc3[C@H]3[C@H](CCCCO)[C@@H](CCCCO)C=C(C(=NOCc4ccc([N+](=O)[O-])cc4)C[C@@H]1N(Cc1cccc4ccccc14)C(=O)OCCCCCCCCCCCC)[C@H]32. The number of nitrogens with zero attached hydrogens (tertiary/aromatic N) is 3. The third kappa shape index (κ3) is 15.6. The van der Waals surface area contributed by atoms with Gasteiger partial charge in [-0.25, -0.2) is 4.79 Å². The number of fused-ring (bicyclic) bond motifs is 3. The van der Waals surface area contributed by atoms with E-state index in [-0.39, 0.29) is 69.4 Å². The normalized spacial score (nSPS) is 20.5. The van der Waals surface area contributed by atoms with Gasteiger partial charge in [0.2, 0.25) is 5.79 Å². The minimum absolute atomic E-state index is 0.00284. The van der Waals surface area contributed by atoms with Gasteiger partial charge in [0.15, 0.2) is 0 Å². The van der Waals surface area contributed by atoms with Crippen molar-refractivity contribution in [2.24, 2.45) is 22.9 Å². The van der Waals surface area contributed by atoms with Gasteiger partial charge >= 0.3 is 6.09 Å². The quantitative estimate of drug-likeness (QED) is 0.0133. The molecule has 3 aliphatic rings. The van der Waals surface area contributed by atoms with Crippen LogP contribution in [0.3, 0.4) is 0 Å². The van der Waals surface area contributed by atoms with Gasteiger partial charge in [-0.3, -0.25) is 15.0 Å². The Bertz CT molecular complexity index is 2800. The average molecular weight is 1110 g/mol. The zero-order chi connectivity index (χ0) is 55.9. The molecule has 2 N–H and O–H groups in total. The summed E-state index contributed by atoms with van der Waals surface area (Å²) in [6.45, 7) is 7.57. The minimum atomic E-state index is -1.52. The number of ether oxygens (including phenoxy) is 4. The van der Waals surface area contributed by atoms with Crippen LogP contribution in [0.2, 0.25) is 0 Å². The first kappa shape index (κ1) is 59.9. The molecule has 0 radical (unpaired) electrons. The summed E-state index contributed by atoms with van der Waals surface area (Å²) in [6.07, 6.45) is 19.7. The van der Waals surface area contributed by atoms with Crippen LogP contribution in [0.5, 0.6) is 11.5 Å². The summed E-state index contributed by atoms with van der Waals surface area (Å²) in [6, 6.07) is 36.1. The second-order valence-electron chi connectivity index (χ2n) is 21.5. The molecule has 0 spiro atoms. The summed E-state index contributed by atoms with van der Waals surface area (Å²) in [7, 11) is 0. The molecule has 428 valence electrons. The van der Waals surface area contributed by atoms with E-state index < -0.39 is 28.8 Å². The highest BCUT2D eigenvalue weighted by Gasteiger charge is 2.66. The van der Waals surface area contributed by atoms with E-state index in [1.165, 1.54) is 55.6 Å². The summed E-state index contributed by atoms with van der Waals surface area (Å²) in [5.41, 5.74) is 4.11. The van der Waals surface area contributed by atoms with Crippen LogP contribution < -0.4 is 9.47 Å². The van der Waals surface area contributed by atoms with Gasteiger partial charge in [0.25, 0.3) is 5.69 Å². The van der Waals surface area contributed by atoms with Gasteiger partial charge in [-0.05, 0) is 114 Å².